The Balaban J connectivity index is 1.51. The average molecular weight is 303 g/mol. The number of nitrogens with zero attached hydrogens (tertiary/aromatic N) is 3. The van der Waals surface area contributed by atoms with Gasteiger partial charge in [0, 0.05) is 38.4 Å². The van der Waals surface area contributed by atoms with Crippen molar-refractivity contribution in [3.8, 4) is 0 Å². The Morgan fingerprint density at radius 2 is 2.14 bits per heavy atom. The fourth-order valence-corrected chi connectivity index (χ4v) is 3.23. The Labute approximate surface area is 130 Å². The number of benzene rings is 1. The zero-order chi connectivity index (χ0) is 15.5. The molecular weight excluding hydrogens is 281 g/mol. The highest BCUT2D eigenvalue weighted by Crippen LogP contribution is 2.25. The average Bonchev–Trinajstić information content (AvgIpc) is 3.10. The third kappa shape index (κ3) is 3.54. The minimum Gasteiger partial charge on any atom is -0.391 e. The Hall–Kier alpha value is -1.72. The van der Waals surface area contributed by atoms with E-state index in [0.29, 0.717) is 18.9 Å². The number of halogens is 1. The number of aliphatic hydroxyl groups is 1. The van der Waals surface area contributed by atoms with E-state index in [4.69, 9.17) is 0 Å². The van der Waals surface area contributed by atoms with Crippen LogP contribution in [0.3, 0.4) is 0 Å². The van der Waals surface area contributed by atoms with Gasteiger partial charge in [0.05, 0.1) is 6.10 Å². The first kappa shape index (κ1) is 15.2. The van der Waals surface area contributed by atoms with Gasteiger partial charge in [-0.3, -0.25) is 0 Å². The first-order valence-corrected chi connectivity index (χ1v) is 7.74. The number of aromatic nitrogens is 2. The molecule has 0 saturated carbocycles. The van der Waals surface area contributed by atoms with Crippen LogP contribution in [0.15, 0.2) is 36.7 Å². The number of rotatable bonds is 5. The predicted molar refractivity (Wildman–Crippen MR) is 83.1 cm³/mol. The summed E-state index contributed by atoms with van der Waals surface area (Å²) in [5.74, 6) is 1.32. The molecule has 0 aliphatic carbocycles. The number of imidazole rings is 1. The quantitative estimate of drug-likeness (QED) is 0.918. The number of aryl methyl sites for hydroxylation is 1. The number of β-amino-alcohol motifs (C(OH)–C–C–N with tert-alkyl or cyclic N) is 1. The molecule has 0 spiro atoms. The molecule has 1 aromatic heterocycles. The van der Waals surface area contributed by atoms with Crippen molar-refractivity contribution in [2.45, 2.75) is 24.9 Å². The van der Waals surface area contributed by atoms with Crippen molar-refractivity contribution in [3.63, 3.8) is 0 Å². The largest absolute Gasteiger partial charge is 0.391 e. The lowest BCUT2D eigenvalue weighted by Crippen LogP contribution is -2.32. The lowest BCUT2D eigenvalue weighted by atomic mass is 10.1. The molecule has 1 aliphatic rings. The predicted octanol–water partition coefficient (Wildman–Crippen LogP) is 1.95. The van der Waals surface area contributed by atoms with Crippen LogP contribution < -0.4 is 0 Å². The van der Waals surface area contributed by atoms with Crippen LogP contribution in [-0.4, -0.2) is 45.3 Å². The highest BCUT2D eigenvalue weighted by molar-refractivity contribution is 5.17. The van der Waals surface area contributed by atoms with Gasteiger partial charge < -0.3 is 14.6 Å². The van der Waals surface area contributed by atoms with Crippen LogP contribution in [0.2, 0.25) is 0 Å². The summed E-state index contributed by atoms with van der Waals surface area (Å²) in [6, 6.07) is 6.35. The zero-order valence-corrected chi connectivity index (χ0v) is 12.8. The van der Waals surface area contributed by atoms with Crippen molar-refractivity contribution in [2.24, 2.45) is 7.05 Å². The first-order valence-electron chi connectivity index (χ1n) is 7.74. The van der Waals surface area contributed by atoms with Crippen LogP contribution in [0.5, 0.6) is 0 Å². The van der Waals surface area contributed by atoms with E-state index in [-0.39, 0.29) is 5.82 Å². The van der Waals surface area contributed by atoms with E-state index in [0.717, 1.165) is 30.9 Å². The molecule has 1 aromatic carbocycles. The minimum absolute atomic E-state index is 0.240. The van der Waals surface area contributed by atoms with Crippen molar-refractivity contribution >= 4 is 0 Å². The van der Waals surface area contributed by atoms with Gasteiger partial charge in [-0.1, -0.05) is 12.1 Å². The van der Waals surface area contributed by atoms with Gasteiger partial charge in [0.1, 0.15) is 11.6 Å². The van der Waals surface area contributed by atoms with Gasteiger partial charge in [0.15, 0.2) is 0 Å². The standard InChI is InChI=1S/C17H22FN3O/c1-20-9-7-19-17(20)14-6-8-21(11-14)12-16(22)10-13-2-4-15(18)5-3-13/h2-5,7,9,14,16,22H,6,8,10-12H2,1H3. The smallest absolute Gasteiger partial charge is 0.123 e. The van der Waals surface area contributed by atoms with Gasteiger partial charge in [-0.25, -0.2) is 9.37 Å². The maximum absolute atomic E-state index is 12.9. The van der Waals surface area contributed by atoms with Crippen LogP contribution in [0.25, 0.3) is 0 Å². The molecule has 1 fully saturated rings. The monoisotopic (exact) mass is 303 g/mol. The zero-order valence-electron chi connectivity index (χ0n) is 12.8. The summed E-state index contributed by atoms with van der Waals surface area (Å²) in [6.45, 7) is 2.57. The van der Waals surface area contributed by atoms with Crippen LogP contribution in [0.1, 0.15) is 23.7 Å². The summed E-state index contributed by atoms with van der Waals surface area (Å²) < 4.78 is 15.0. The summed E-state index contributed by atoms with van der Waals surface area (Å²) in [5, 5.41) is 10.2. The molecule has 2 aromatic rings. The molecule has 5 heteroatoms. The van der Waals surface area contributed by atoms with E-state index in [1.54, 1.807) is 12.1 Å². The Morgan fingerprint density at radius 1 is 1.36 bits per heavy atom. The van der Waals surface area contributed by atoms with Gasteiger partial charge in [0.25, 0.3) is 0 Å². The summed E-state index contributed by atoms with van der Waals surface area (Å²) in [7, 11) is 2.02. The molecule has 3 rings (SSSR count). The maximum Gasteiger partial charge on any atom is 0.123 e. The van der Waals surface area contributed by atoms with Crippen molar-refractivity contribution in [2.75, 3.05) is 19.6 Å². The van der Waals surface area contributed by atoms with Crippen LogP contribution in [0, 0.1) is 5.82 Å². The topological polar surface area (TPSA) is 41.3 Å². The molecule has 1 aliphatic heterocycles. The van der Waals surface area contributed by atoms with Crippen molar-refractivity contribution in [1.29, 1.82) is 0 Å². The number of hydrogen-bond donors (Lipinski definition) is 1. The normalized spacial score (nSPS) is 20.4. The molecular formula is C17H22FN3O. The molecule has 2 unspecified atom stereocenters. The number of likely N-dealkylation sites (tertiary alicyclic amines) is 1. The molecule has 22 heavy (non-hydrogen) atoms. The Bertz CT molecular complexity index is 611. The molecule has 2 atom stereocenters. The van der Waals surface area contributed by atoms with Gasteiger partial charge in [-0.05, 0) is 37.1 Å². The van der Waals surface area contributed by atoms with E-state index in [9.17, 15) is 9.50 Å². The number of aliphatic hydroxyl groups excluding tert-OH is 1. The second-order valence-electron chi connectivity index (χ2n) is 6.13. The van der Waals surface area contributed by atoms with Gasteiger partial charge in [-0.2, -0.15) is 0 Å². The molecule has 4 nitrogen and oxygen atoms in total. The van der Waals surface area contributed by atoms with Crippen LogP contribution >= 0.6 is 0 Å². The van der Waals surface area contributed by atoms with Crippen molar-refractivity contribution < 1.29 is 9.50 Å². The SMILES string of the molecule is Cn1ccnc1C1CCN(CC(O)Cc2ccc(F)cc2)C1. The van der Waals surface area contributed by atoms with E-state index in [1.165, 1.54) is 12.1 Å². The highest BCUT2D eigenvalue weighted by Gasteiger charge is 2.27. The summed E-state index contributed by atoms with van der Waals surface area (Å²) >= 11 is 0. The van der Waals surface area contributed by atoms with Gasteiger partial charge >= 0.3 is 0 Å². The lowest BCUT2D eigenvalue weighted by molar-refractivity contribution is 0.124. The fourth-order valence-electron chi connectivity index (χ4n) is 3.23. The van der Waals surface area contributed by atoms with E-state index >= 15 is 0 Å². The van der Waals surface area contributed by atoms with Gasteiger partial charge in [0.2, 0.25) is 0 Å². The van der Waals surface area contributed by atoms with E-state index < -0.39 is 6.10 Å². The fraction of sp³-hybridized carbons (Fsp3) is 0.471. The first-order chi connectivity index (χ1) is 10.6. The third-order valence-electron chi connectivity index (χ3n) is 4.35. The van der Waals surface area contributed by atoms with Crippen molar-refractivity contribution in [1.82, 2.24) is 14.5 Å². The van der Waals surface area contributed by atoms with Gasteiger partial charge in [-0.15, -0.1) is 0 Å². The second kappa shape index (κ2) is 6.58. The maximum atomic E-state index is 12.9. The molecule has 0 amide bonds. The minimum atomic E-state index is -0.425. The number of hydrogen-bond acceptors (Lipinski definition) is 3. The summed E-state index contributed by atoms with van der Waals surface area (Å²) in [4.78, 5) is 6.71. The second-order valence-corrected chi connectivity index (χ2v) is 6.13. The molecule has 1 saturated heterocycles. The Kier molecular flexibility index (Phi) is 4.55. The third-order valence-corrected chi connectivity index (χ3v) is 4.35. The highest BCUT2D eigenvalue weighted by atomic mass is 19.1. The Morgan fingerprint density at radius 3 is 2.82 bits per heavy atom. The van der Waals surface area contributed by atoms with E-state index in [2.05, 4.69) is 14.5 Å². The summed E-state index contributed by atoms with van der Waals surface area (Å²) in [6.07, 6.45) is 5.02. The summed E-state index contributed by atoms with van der Waals surface area (Å²) in [5.41, 5.74) is 0.966. The molecule has 0 bridgehead atoms. The molecule has 0 radical (unpaired) electrons. The van der Waals surface area contributed by atoms with Crippen LogP contribution in [-0.2, 0) is 13.5 Å². The van der Waals surface area contributed by atoms with Crippen molar-refractivity contribution in [3.05, 3.63) is 53.9 Å². The lowest BCUT2D eigenvalue weighted by Gasteiger charge is -2.20. The molecule has 1 N–H and O–H groups in total. The molecule has 2 heterocycles. The molecule has 118 valence electrons. The van der Waals surface area contributed by atoms with E-state index in [1.807, 2.05) is 19.4 Å². The van der Waals surface area contributed by atoms with Crippen LogP contribution in [0.4, 0.5) is 4.39 Å².